The molecule has 0 saturated carbocycles. The molecule has 4 heteroatoms. The highest BCUT2D eigenvalue weighted by Crippen LogP contribution is 2.02. The van der Waals surface area contributed by atoms with Gasteiger partial charge < -0.3 is 15.3 Å². The second kappa shape index (κ2) is 8.68. The zero-order chi connectivity index (χ0) is 11.7. The molecular weight excluding hydrogens is 192 g/mol. The molecule has 0 saturated heterocycles. The maximum Gasteiger partial charge on any atom is 0.226 e. The van der Waals surface area contributed by atoms with Gasteiger partial charge in [0.25, 0.3) is 0 Å². The molecule has 4 nitrogen and oxygen atoms in total. The molecule has 0 aliphatic carbocycles. The fourth-order valence-corrected chi connectivity index (χ4v) is 1.48. The Morgan fingerprint density at radius 1 is 1.40 bits per heavy atom. The number of nitrogens with one attached hydrogen (secondary N) is 1. The van der Waals surface area contributed by atoms with Gasteiger partial charge in [-0.15, -0.1) is 0 Å². The van der Waals surface area contributed by atoms with Gasteiger partial charge >= 0.3 is 0 Å². The molecule has 2 N–H and O–H groups in total. The van der Waals surface area contributed by atoms with Gasteiger partial charge in [-0.25, -0.2) is 0 Å². The molecule has 0 spiro atoms. The van der Waals surface area contributed by atoms with Crippen LogP contribution in [0.5, 0.6) is 0 Å². The minimum Gasteiger partial charge on any atom is -0.395 e. The molecule has 0 rings (SSSR count). The van der Waals surface area contributed by atoms with E-state index in [-0.39, 0.29) is 18.4 Å². The summed E-state index contributed by atoms with van der Waals surface area (Å²) in [5.41, 5.74) is 0. The Morgan fingerprint density at radius 2 is 2.07 bits per heavy atom. The Labute approximate surface area is 92.7 Å². The average Bonchev–Trinajstić information content (AvgIpc) is 2.24. The molecule has 15 heavy (non-hydrogen) atoms. The van der Waals surface area contributed by atoms with Crippen LogP contribution in [0.1, 0.15) is 27.2 Å². The number of carbonyl (C=O) groups excluding carboxylic acids is 1. The first-order valence-electron chi connectivity index (χ1n) is 5.77. The second-order valence-corrected chi connectivity index (χ2v) is 3.76. The molecule has 0 aliphatic rings. The maximum atomic E-state index is 11.9. The first-order valence-corrected chi connectivity index (χ1v) is 5.77. The number of hydrogen-bond donors (Lipinski definition) is 2. The number of nitrogens with zero attached hydrogens (tertiary/aromatic N) is 1. The number of hydrogen-bond acceptors (Lipinski definition) is 3. The molecule has 0 aromatic rings. The van der Waals surface area contributed by atoms with Crippen molar-refractivity contribution in [1.82, 2.24) is 10.2 Å². The monoisotopic (exact) mass is 216 g/mol. The van der Waals surface area contributed by atoms with E-state index in [9.17, 15) is 4.79 Å². The highest BCUT2D eigenvalue weighted by atomic mass is 16.3. The van der Waals surface area contributed by atoms with Gasteiger partial charge in [-0.3, -0.25) is 4.79 Å². The van der Waals surface area contributed by atoms with Gasteiger partial charge in [0.1, 0.15) is 0 Å². The van der Waals surface area contributed by atoms with Gasteiger partial charge in [0.05, 0.1) is 6.61 Å². The lowest BCUT2D eigenvalue weighted by Crippen LogP contribution is -2.41. The smallest absolute Gasteiger partial charge is 0.226 e. The van der Waals surface area contributed by atoms with Crippen LogP contribution < -0.4 is 5.32 Å². The summed E-state index contributed by atoms with van der Waals surface area (Å²) in [5.74, 6) is 0.120. The van der Waals surface area contributed by atoms with Crippen molar-refractivity contribution >= 4 is 5.91 Å². The third kappa shape index (κ3) is 5.74. The number of amides is 1. The van der Waals surface area contributed by atoms with Gasteiger partial charge in [-0.05, 0) is 13.0 Å². The molecule has 90 valence electrons. The number of aliphatic hydroxyl groups is 1. The van der Waals surface area contributed by atoms with Crippen LogP contribution in [0, 0.1) is 5.92 Å². The zero-order valence-electron chi connectivity index (χ0n) is 10.1. The van der Waals surface area contributed by atoms with Crippen LogP contribution in [0.3, 0.4) is 0 Å². The van der Waals surface area contributed by atoms with Gasteiger partial charge in [-0.2, -0.15) is 0 Å². The fraction of sp³-hybridized carbons (Fsp3) is 0.909. The van der Waals surface area contributed by atoms with Crippen LogP contribution in [0.2, 0.25) is 0 Å². The molecule has 1 amide bonds. The van der Waals surface area contributed by atoms with Crippen LogP contribution in [-0.2, 0) is 4.79 Å². The number of aliphatic hydroxyl groups excluding tert-OH is 1. The summed E-state index contributed by atoms with van der Waals surface area (Å²) in [7, 11) is 0. The molecule has 1 unspecified atom stereocenters. The third-order valence-electron chi connectivity index (χ3n) is 2.30. The van der Waals surface area contributed by atoms with Crippen molar-refractivity contribution in [3.8, 4) is 0 Å². The van der Waals surface area contributed by atoms with E-state index in [1.165, 1.54) is 0 Å². The van der Waals surface area contributed by atoms with E-state index in [1.807, 2.05) is 20.8 Å². The lowest BCUT2D eigenvalue weighted by atomic mass is 10.1. The van der Waals surface area contributed by atoms with Crippen LogP contribution in [-0.4, -0.2) is 48.7 Å². The fourth-order valence-electron chi connectivity index (χ4n) is 1.48. The van der Waals surface area contributed by atoms with E-state index in [1.54, 1.807) is 4.90 Å². The Morgan fingerprint density at radius 3 is 2.53 bits per heavy atom. The van der Waals surface area contributed by atoms with Crippen molar-refractivity contribution in [2.75, 3.05) is 32.8 Å². The molecule has 1 atom stereocenters. The Bertz CT molecular complexity index is 168. The summed E-state index contributed by atoms with van der Waals surface area (Å²) in [6, 6.07) is 0. The van der Waals surface area contributed by atoms with Gasteiger partial charge in [0.2, 0.25) is 5.91 Å². The topological polar surface area (TPSA) is 52.6 Å². The summed E-state index contributed by atoms with van der Waals surface area (Å²) >= 11 is 0. The molecule has 0 aromatic carbocycles. The molecule has 0 radical (unpaired) electrons. The van der Waals surface area contributed by atoms with Crippen LogP contribution in [0.15, 0.2) is 0 Å². The number of carbonyl (C=O) groups is 1. The third-order valence-corrected chi connectivity index (χ3v) is 2.30. The highest BCUT2D eigenvalue weighted by Gasteiger charge is 2.18. The van der Waals surface area contributed by atoms with Crippen molar-refractivity contribution in [2.24, 2.45) is 5.92 Å². The Hall–Kier alpha value is -0.610. The lowest BCUT2D eigenvalue weighted by molar-refractivity contribution is -0.135. The highest BCUT2D eigenvalue weighted by molar-refractivity contribution is 5.78. The van der Waals surface area contributed by atoms with Gasteiger partial charge in [0.15, 0.2) is 0 Å². The van der Waals surface area contributed by atoms with E-state index < -0.39 is 0 Å². The van der Waals surface area contributed by atoms with Crippen molar-refractivity contribution in [1.29, 1.82) is 0 Å². The standard InChI is InChI=1S/C11H24N2O2/c1-4-6-13(7-8-14)11(15)10(3)9-12-5-2/h10,12,14H,4-9H2,1-3H3. The summed E-state index contributed by atoms with van der Waals surface area (Å²) in [6.45, 7) is 8.79. The Kier molecular flexibility index (Phi) is 8.33. The first kappa shape index (κ1) is 14.4. The first-order chi connectivity index (χ1) is 7.17. The molecule has 0 heterocycles. The molecule has 0 fully saturated rings. The van der Waals surface area contributed by atoms with Crippen LogP contribution in [0.4, 0.5) is 0 Å². The second-order valence-electron chi connectivity index (χ2n) is 3.76. The van der Waals surface area contributed by atoms with E-state index >= 15 is 0 Å². The van der Waals surface area contributed by atoms with Crippen molar-refractivity contribution < 1.29 is 9.90 Å². The van der Waals surface area contributed by atoms with E-state index in [0.29, 0.717) is 13.1 Å². The molecule has 0 aliphatic heterocycles. The van der Waals surface area contributed by atoms with Crippen molar-refractivity contribution in [2.45, 2.75) is 27.2 Å². The van der Waals surface area contributed by atoms with E-state index in [0.717, 1.165) is 19.5 Å². The summed E-state index contributed by atoms with van der Waals surface area (Å²) in [6.07, 6.45) is 0.930. The largest absolute Gasteiger partial charge is 0.395 e. The predicted octanol–water partition coefficient (Wildman–Crippen LogP) is 0.463. The maximum absolute atomic E-state index is 11.9. The summed E-state index contributed by atoms with van der Waals surface area (Å²) < 4.78 is 0. The van der Waals surface area contributed by atoms with Gasteiger partial charge in [-0.1, -0.05) is 20.8 Å². The SMILES string of the molecule is CCCN(CCO)C(=O)C(C)CNCC. The Balaban J connectivity index is 4.08. The predicted molar refractivity (Wildman–Crippen MR) is 61.7 cm³/mol. The van der Waals surface area contributed by atoms with E-state index in [4.69, 9.17) is 5.11 Å². The summed E-state index contributed by atoms with van der Waals surface area (Å²) in [4.78, 5) is 13.6. The van der Waals surface area contributed by atoms with Crippen molar-refractivity contribution in [3.05, 3.63) is 0 Å². The van der Waals surface area contributed by atoms with E-state index in [2.05, 4.69) is 5.32 Å². The number of rotatable bonds is 8. The quantitative estimate of drug-likeness (QED) is 0.620. The van der Waals surface area contributed by atoms with Gasteiger partial charge in [0, 0.05) is 25.6 Å². The molecule has 0 bridgehead atoms. The van der Waals surface area contributed by atoms with Crippen LogP contribution in [0.25, 0.3) is 0 Å². The normalized spacial score (nSPS) is 12.5. The lowest BCUT2D eigenvalue weighted by Gasteiger charge is -2.24. The average molecular weight is 216 g/mol. The minimum atomic E-state index is -0.0111. The molecular formula is C11H24N2O2. The van der Waals surface area contributed by atoms with Crippen LogP contribution >= 0.6 is 0 Å². The minimum absolute atomic E-state index is 0.0111. The van der Waals surface area contributed by atoms with Crippen molar-refractivity contribution in [3.63, 3.8) is 0 Å². The zero-order valence-corrected chi connectivity index (χ0v) is 10.1. The summed E-state index contributed by atoms with van der Waals surface area (Å²) in [5, 5.41) is 12.0. The molecule has 0 aromatic heterocycles.